The molecule has 1 amide bonds. The molecule has 3 aromatic rings. The smallest absolute Gasteiger partial charge is 0.262 e. The van der Waals surface area contributed by atoms with Crippen LogP contribution >= 0.6 is 22.9 Å². The molecule has 28 heavy (non-hydrogen) atoms. The van der Waals surface area contributed by atoms with E-state index in [0.717, 1.165) is 10.4 Å². The number of anilines is 1. The predicted octanol–water partition coefficient (Wildman–Crippen LogP) is 3.80. The second-order valence-corrected chi connectivity index (χ2v) is 9.16. The molecule has 2 heterocycles. The van der Waals surface area contributed by atoms with E-state index in [1.54, 1.807) is 0 Å². The molecule has 0 saturated carbocycles. The lowest BCUT2D eigenvalue weighted by Crippen LogP contribution is -2.30. The summed E-state index contributed by atoms with van der Waals surface area (Å²) < 4.78 is 34.4. The van der Waals surface area contributed by atoms with Gasteiger partial charge in [0, 0.05) is 10.9 Å². The number of hydrogen-bond acceptors (Lipinski definition) is 5. The van der Waals surface area contributed by atoms with E-state index < -0.39 is 16.1 Å². The maximum Gasteiger partial charge on any atom is 0.262 e. The third-order valence-electron chi connectivity index (χ3n) is 4.19. The highest BCUT2D eigenvalue weighted by atomic mass is 35.5. The first kappa shape index (κ1) is 18.9. The van der Waals surface area contributed by atoms with Gasteiger partial charge in [0.15, 0.2) is 6.61 Å². The van der Waals surface area contributed by atoms with Crippen LogP contribution in [0.3, 0.4) is 0 Å². The lowest BCUT2D eigenvalue weighted by atomic mass is 10.1. The number of fused-ring (bicyclic) bond motifs is 1. The Bertz CT molecular complexity index is 1120. The minimum atomic E-state index is -3.98. The fourth-order valence-corrected chi connectivity index (χ4v) is 5.52. The number of benzene rings is 2. The number of nitrogens with one attached hydrogen (secondary N) is 2. The third-order valence-corrected chi connectivity index (χ3v) is 7.01. The number of carbonyl (C=O) groups is 1. The van der Waals surface area contributed by atoms with Crippen LogP contribution in [0.15, 0.2) is 64.9 Å². The van der Waals surface area contributed by atoms with Gasteiger partial charge < -0.3 is 10.1 Å². The second kappa shape index (κ2) is 7.56. The van der Waals surface area contributed by atoms with Gasteiger partial charge in [-0.25, -0.2) is 8.42 Å². The maximum absolute atomic E-state index is 13.1. The van der Waals surface area contributed by atoms with Crippen molar-refractivity contribution < 1.29 is 17.9 Å². The number of rotatable bonds is 5. The van der Waals surface area contributed by atoms with Crippen LogP contribution in [0, 0.1) is 0 Å². The van der Waals surface area contributed by atoms with E-state index in [1.807, 2.05) is 47.8 Å². The average Bonchev–Trinajstić information content (AvgIpc) is 3.20. The fourth-order valence-electron chi connectivity index (χ4n) is 2.90. The molecular weight excluding hydrogens is 420 g/mol. The molecule has 0 radical (unpaired) electrons. The van der Waals surface area contributed by atoms with Gasteiger partial charge in [-0.05, 0) is 23.1 Å². The largest absolute Gasteiger partial charge is 0.482 e. The lowest BCUT2D eigenvalue weighted by molar-refractivity contribution is -0.118. The molecule has 1 aliphatic rings. The molecule has 0 saturated heterocycles. The molecule has 0 fully saturated rings. The summed E-state index contributed by atoms with van der Waals surface area (Å²) in [5.74, 6) is -0.0594. The molecular formula is C19H15ClN2O4S2. The third kappa shape index (κ3) is 3.77. The summed E-state index contributed by atoms with van der Waals surface area (Å²) in [7, 11) is -3.98. The van der Waals surface area contributed by atoms with E-state index in [0.29, 0.717) is 5.69 Å². The highest BCUT2D eigenvalue weighted by molar-refractivity contribution is 7.89. The number of thiophene rings is 1. The molecule has 0 spiro atoms. The number of hydrogen-bond donors (Lipinski definition) is 2. The van der Waals surface area contributed by atoms with Crippen molar-refractivity contribution in [1.82, 2.24) is 4.72 Å². The van der Waals surface area contributed by atoms with Crippen LogP contribution in [0.4, 0.5) is 5.69 Å². The van der Waals surface area contributed by atoms with E-state index in [2.05, 4.69) is 10.0 Å². The summed E-state index contributed by atoms with van der Waals surface area (Å²) in [5, 5.41) is 4.49. The molecule has 1 aromatic heterocycles. The summed E-state index contributed by atoms with van der Waals surface area (Å²) in [6.45, 7) is -0.177. The number of sulfonamides is 1. The minimum Gasteiger partial charge on any atom is -0.482 e. The quantitative estimate of drug-likeness (QED) is 0.639. The topological polar surface area (TPSA) is 84.5 Å². The van der Waals surface area contributed by atoms with Crippen molar-refractivity contribution in [1.29, 1.82) is 0 Å². The molecule has 9 heteroatoms. The molecule has 1 aliphatic heterocycles. The van der Waals surface area contributed by atoms with Crippen LogP contribution in [-0.2, 0) is 14.8 Å². The van der Waals surface area contributed by atoms with Gasteiger partial charge in [0.05, 0.1) is 16.8 Å². The highest BCUT2D eigenvalue weighted by Crippen LogP contribution is 2.37. The molecule has 1 atom stereocenters. The molecule has 6 nitrogen and oxygen atoms in total. The van der Waals surface area contributed by atoms with Crippen molar-refractivity contribution in [2.24, 2.45) is 0 Å². The Labute approximate surface area is 171 Å². The van der Waals surface area contributed by atoms with Gasteiger partial charge in [-0.1, -0.05) is 48.0 Å². The van der Waals surface area contributed by atoms with Gasteiger partial charge in [0.1, 0.15) is 10.6 Å². The van der Waals surface area contributed by atoms with Crippen LogP contribution in [0.2, 0.25) is 5.02 Å². The molecule has 2 aromatic carbocycles. The summed E-state index contributed by atoms with van der Waals surface area (Å²) in [4.78, 5) is 12.2. The number of carbonyl (C=O) groups excluding carboxylic acids is 1. The standard InChI is InChI=1S/C19H15ClN2O4S2/c20-13-9-14-15(26-11-18(23)21-14)10-17(13)28(24,25)22-19(16-7-4-8-27-16)12-5-2-1-3-6-12/h1-10,19,22H,11H2,(H,21,23)/t19-/m1/s1. The molecule has 0 aliphatic carbocycles. The van der Waals surface area contributed by atoms with Gasteiger partial charge in [0.25, 0.3) is 5.91 Å². The van der Waals surface area contributed by atoms with Crippen LogP contribution in [0.25, 0.3) is 0 Å². The Morgan fingerprint density at radius 2 is 1.93 bits per heavy atom. The SMILES string of the molecule is O=C1COc2cc(S(=O)(=O)N[C@H](c3ccccc3)c3cccs3)c(Cl)cc2N1. The molecule has 144 valence electrons. The van der Waals surface area contributed by atoms with Crippen molar-refractivity contribution in [3.05, 3.63) is 75.4 Å². The molecule has 0 unspecified atom stereocenters. The summed E-state index contributed by atoms with van der Waals surface area (Å²) in [6.07, 6.45) is 0. The second-order valence-electron chi connectivity index (χ2n) is 6.10. The molecule has 0 bridgehead atoms. The molecule has 2 N–H and O–H groups in total. The monoisotopic (exact) mass is 434 g/mol. The van der Waals surface area contributed by atoms with E-state index in [-0.39, 0.29) is 28.2 Å². The van der Waals surface area contributed by atoms with Crippen LogP contribution in [-0.4, -0.2) is 20.9 Å². The summed E-state index contributed by atoms with van der Waals surface area (Å²) >= 11 is 7.68. The van der Waals surface area contributed by atoms with Crippen molar-refractivity contribution in [2.45, 2.75) is 10.9 Å². The Hall–Kier alpha value is -2.39. The van der Waals surface area contributed by atoms with Gasteiger partial charge in [-0.15, -0.1) is 11.3 Å². The first-order valence-corrected chi connectivity index (χ1v) is 11.0. The summed E-state index contributed by atoms with van der Waals surface area (Å²) in [5.41, 5.74) is 1.16. The van der Waals surface area contributed by atoms with Crippen LogP contribution in [0.5, 0.6) is 5.75 Å². The Morgan fingerprint density at radius 1 is 1.14 bits per heavy atom. The zero-order valence-corrected chi connectivity index (χ0v) is 16.8. The molecule has 4 rings (SSSR count). The van der Waals surface area contributed by atoms with Gasteiger partial charge in [-0.3, -0.25) is 4.79 Å². The Morgan fingerprint density at radius 3 is 2.64 bits per heavy atom. The van der Waals surface area contributed by atoms with Crippen molar-refractivity contribution in [2.75, 3.05) is 11.9 Å². The number of amides is 1. The zero-order valence-electron chi connectivity index (χ0n) is 14.4. The van der Waals surface area contributed by atoms with Crippen molar-refractivity contribution in [3.8, 4) is 5.75 Å². The zero-order chi connectivity index (χ0) is 19.7. The number of halogens is 1. The maximum atomic E-state index is 13.1. The Balaban J connectivity index is 1.73. The minimum absolute atomic E-state index is 0.00459. The average molecular weight is 435 g/mol. The van der Waals surface area contributed by atoms with E-state index in [1.165, 1.54) is 23.5 Å². The summed E-state index contributed by atoms with van der Waals surface area (Å²) in [6, 6.07) is 15.2. The fraction of sp³-hybridized carbons (Fsp3) is 0.105. The van der Waals surface area contributed by atoms with E-state index in [4.69, 9.17) is 16.3 Å². The van der Waals surface area contributed by atoms with Crippen molar-refractivity contribution in [3.63, 3.8) is 0 Å². The van der Waals surface area contributed by atoms with Gasteiger partial charge in [0.2, 0.25) is 10.0 Å². The Kier molecular flexibility index (Phi) is 5.11. The van der Waals surface area contributed by atoms with Gasteiger partial charge in [-0.2, -0.15) is 4.72 Å². The lowest BCUT2D eigenvalue weighted by Gasteiger charge is -2.21. The van der Waals surface area contributed by atoms with Crippen LogP contribution < -0.4 is 14.8 Å². The first-order valence-electron chi connectivity index (χ1n) is 8.31. The highest BCUT2D eigenvalue weighted by Gasteiger charge is 2.28. The first-order chi connectivity index (χ1) is 13.4. The predicted molar refractivity (Wildman–Crippen MR) is 109 cm³/mol. The normalized spacial score (nSPS) is 14.7. The van der Waals surface area contributed by atoms with E-state index in [9.17, 15) is 13.2 Å². The number of ether oxygens (including phenoxy) is 1. The van der Waals surface area contributed by atoms with Gasteiger partial charge >= 0.3 is 0 Å². The van der Waals surface area contributed by atoms with E-state index >= 15 is 0 Å². The van der Waals surface area contributed by atoms with Crippen LogP contribution in [0.1, 0.15) is 16.5 Å². The van der Waals surface area contributed by atoms with Crippen molar-refractivity contribution >= 4 is 44.6 Å².